The van der Waals surface area contributed by atoms with Crippen LogP contribution >= 0.6 is 11.3 Å². The van der Waals surface area contributed by atoms with Gasteiger partial charge in [0.1, 0.15) is 5.00 Å². The van der Waals surface area contributed by atoms with Gasteiger partial charge in [-0.3, -0.25) is 0 Å². The number of rotatable bonds is 2. The number of nitrogens with zero attached hydrogens (tertiary/aromatic N) is 2. The van der Waals surface area contributed by atoms with Gasteiger partial charge < -0.3 is 14.5 Å². The van der Waals surface area contributed by atoms with Crippen LogP contribution in [0.2, 0.25) is 0 Å². The summed E-state index contributed by atoms with van der Waals surface area (Å²) in [6.45, 7) is 6.29. The number of hydrogen-bond acceptors (Lipinski definition) is 4. The third-order valence-electron chi connectivity index (χ3n) is 3.87. The monoisotopic (exact) mass is 266 g/mol. The van der Waals surface area contributed by atoms with Crippen molar-refractivity contribution in [2.45, 2.75) is 25.7 Å². The van der Waals surface area contributed by atoms with E-state index in [0.717, 1.165) is 26.3 Å². The van der Waals surface area contributed by atoms with Crippen molar-refractivity contribution in [2.75, 3.05) is 49.2 Å². The Bertz CT molecular complexity index is 366. The van der Waals surface area contributed by atoms with E-state index >= 15 is 0 Å². The molecule has 0 N–H and O–H groups in total. The van der Waals surface area contributed by atoms with E-state index in [2.05, 4.69) is 21.2 Å². The summed E-state index contributed by atoms with van der Waals surface area (Å²) in [5.41, 5.74) is 1.46. The minimum Gasteiger partial charge on any atom is -0.378 e. The van der Waals surface area contributed by atoms with Crippen LogP contribution in [0.1, 0.15) is 25.7 Å². The van der Waals surface area contributed by atoms with E-state index in [1.807, 2.05) is 11.3 Å². The van der Waals surface area contributed by atoms with E-state index in [0.29, 0.717) is 0 Å². The average molecular weight is 266 g/mol. The molecule has 3 rings (SSSR count). The predicted molar refractivity (Wildman–Crippen MR) is 78.0 cm³/mol. The number of morpholine rings is 1. The fourth-order valence-electron chi connectivity index (χ4n) is 2.85. The molecule has 100 valence electrons. The second kappa shape index (κ2) is 5.93. The van der Waals surface area contributed by atoms with E-state index in [-0.39, 0.29) is 0 Å². The van der Waals surface area contributed by atoms with Gasteiger partial charge in [-0.15, -0.1) is 11.3 Å². The molecule has 1 aromatic heterocycles. The first-order valence-electron chi connectivity index (χ1n) is 7.10. The predicted octanol–water partition coefficient (Wildman–Crippen LogP) is 2.97. The van der Waals surface area contributed by atoms with Crippen LogP contribution in [0, 0.1) is 0 Å². The highest BCUT2D eigenvalue weighted by atomic mass is 32.1. The second-order valence-electron chi connectivity index (χ2n) is 5.11. The minimum absolute atomic E-state index is 0.872. The molecule has 2 aliphatic rings. The first-order valence-corrected chi connectivity index (χ1v) is 7.98. The fourth-order valence-corrected chi connectivity index (χ4v) is 3.83. The molecule has 4 heteroatoms. The lowest BCUT2D eigenvalue weighted by Gasteiger charge is -2.31. The van der Waals surface area contributed by atoms with Crippen molar-refractivity contribution >= 4 is 22.0 Å². The van der Waals surface area contributed by atoms with Gasteiger partial charge >= 0.3 is 0 Å². The molecule has 0 radical (unpaired) electrons. The highest BCUT2D eigenvalue weighted by molar-refractivity contribution is 7.14. The summed E-state index contributed by atoms with van der Waals surface area (Å²) in [6.07, 6.45) is 5.48. The maximum atomic E-state index is 5.45. The van der Waals surface area contributed by atoms with Crippen molar-refractivity contribution in [2.24, 2.45) is 0 Å². The Labute approximate surface area is 113 Å². The van der Waals surface area contributed by atoms with Crippen molar-refractivity contribution in [3.8, 4) is 0 Å². The van der Waals surface area contributed by atoms with E-state index in [1.165, 1.54) is 49.5 Å². The van der Waals surface area contributed by atoms with Gasteiger partial charge in [-0.05, 0) is 24.3 Å². The molecule has 2 saturated heterocycles. The molecule has 0 unspecified atom stereocenters. The maximum absolute atomic E-state index is 5.45. The molecule has 0 spiro atoms. The van der Waals surface area contributed by atoms with Gasteiger partial charge in [-0.2, -0.15) is 0 Å². The molecule has 18 heavy (non-hydrogen) atoms. The van der Waals surface area contributed by atoms with Gasteiger partial charge in [0.25, 0.3) is 0 Å². The second-order valence-corrected chi connectivity index (χ2v) is 6.01. The van der Waals surface area contributed by atoms with E-state index < -0.39 is 0 Å². The first kappa shape index (κ1) is 12.3. The standard InChI is InChI=1S/C14H22N2OS/c1-2-4-7-15(6-3-1)13-5-12-18-14(13)16-8-10-17-11-9-16/h5,12H,1-4,6-11H2. The molecule has 2 aliphatic heterocycles. The smallest absolute Gasteiger partial charge is 0.115 e. The van der Waals surface area contributed by atoms with Gasteiger partial charge in [-0.25, -0.2) is 0 Å². The molecule has 3 nitrogen and oxygen atoms in total. The van der Waals surface area contributed by atoms with Crippen LogP contribution in [-0.4, -0.2) is 39.4 Å². The maximum Gasteiger partial charge on any atom is 0.115 e. The Morgan fingerprint density at radius 3 is 2.33 bits per heavy atom. The molecular weight excluding hydrogens is 244 g/mol. The van der Waals surface area contributed by atoms with Crippen molar-refractivity contribution < 1.29 is 4.74 Å². The molecule has 0 atom stereocenters. The Morgan fingerprint density at radius 1 is 0.889 bits per heavy atom. The Hall–Kier alpha value is -0.740. The van der Waals surface area contributed by atoms with E-state index in [9.17, 15) is 0 Å². The van der Waals surface area contributed by atoms with Crippen LogP contribution in [0.3, 0.4) is 0 Å². The lowest BCUT2D eigenvalue weighted by atomic mass is 10.2. The average Bonchev–Trinajstić information content (AvgIpc) is 2.75. The molecule has 0 bridgehead atoms. The van der Waals surface area contributed by atoms with Crippen LogP contribution in [-0.2, 0) is 4.74 Å². The summed E-state index contributed by atoms with van der Waals surface area (Å²) in [7, 11) is 0. The summed E-state index contributed by atoms with van der Waals surface area (Å²) in [4.78, 5) is 5.09. The molecule has 0 saturated carbocycles. The fraction of sp³-hybridized carbons (Fsp3) is 0.714. The summed E-state index contributed by atoms with van der Waals surface area (Å²) in [5.74, 6) is 0. The van der Waals surface area contributed by atoms with Crippen molar-refractivity contribution in [3.63, 3.8) is 0 Å². The molecule has 0 aromatic carbocycles. The van der Waals surface area contributed by atoms with Crippen LogP contribution in [0.15, 0.2) is 11.4 Å². The van der Waals surface area contributed by atoms with E-state index in [4.69, 9.17) is 4.74 Å². The number of ether oxygens (including phenoxy) is 1. The van der Waals surface area contributed by atoms with Crippen LogP contribution in [0.5, 0.6) is 0 Å². The van der Waals surface area contributed by atoms with Crippen LogP contribution in [0.4, 0.5) is 10.7 Å². The highest BCUT2D eigenvalue weighted by Gasteiger charge is 2.20. The lowest BCUT2D eigenvalue weighted by Crippen LogP contribution is -2.37. The highest BCUT2D eigenvalue weighted by Crippen LogP contribution is 2.36. The van der Waals surface area contributed by atoms with Gasteiger partial charge in [0, 0.05) is 26.2 Å². The molecule has 2 fully saturated rings. The Balaban J connectivity index is 1.76. The zero-order valence-electron chi connectivity index (χ0n) is 10.9. The largest absolute Gasteiger partial charge is 0.378 e. The zero-order chi connectivity index (χ0) is 12.2. The minimum atomic E-state index is 0.872. The third-order valence-corrected chi connectivity index (χ3v) is 4.83. The Kier molecular flexibility index (Phi) is 4.06. The molecule has 0 aliphatic carbocycles. The quantitative estimate of drug-likeness (QED) is 0.818. The molecular formula is C14H22N2OS. The van der Waals surface area contributed by atoms with Gasteiger partial charge in [0.2, 0.25) is 0 Å². The number of anilines is 2. The van der Waals surface area contributed by atoms with Gasteiger partial charge in [0.05, 0.1) is 18.9 Å². The summed E-state index contributed by atoms with van der Waals surface area (Å²) >= 11 is 1.89. The zero-order valence-corrected chi connectivity index (χ0v) is 11.8. The normalized spacial score (nSPS) is 22.0. The number of thiophene rings is 1. The molecule has 3 heterocycles. The SMILES string of the molecule is c1cc(N2CCCCCC2)c(N2CCOCC2)s1. The van der Waals surface area contributed by atoms with Crippen molar-refractivity contribution in [1.82, 2.24) is 0 Å². The summed E-state index contributed by atoms with van der Waals surface area (Å²) < 4.78 is 5.45. The van der Waals surface area contributed by atoms with Gasteiger partial charge in [0.15, 0.2) is 0 Å². The number of hydrogen-bond donors (Lipinski definition) is 0. The van der Waals surface area contributed by atoms with Crippen LogP contribution in [0.25, 0.3) is 0 Å². The first-order chi connectivity index (χ1) is 8.95. The lowest BCUT2D eigenvalue weighted by molar-refractivity contribution is 0.123. The van der Waals surface area contributed by atoms with Crippen molar-refractivity contribution in [1.29, 1.82) is 0 Å². The molecule has 1 aromatic rings. The van der Waals surface area contributed by atoms with E-state index in [1.54, 1.807) is 0 Å². The topological polar surface area (TPSA) is 15.7 Å². The van der Waals surface area contributed by atoms with Crippen molar-refractivity contribution in [3.05, 3.63) is 11.4 Å². The van der Waals surface area contributed by atoms with Crippen LogP contribution < -0.4 is 9.80 Å². The summed E-state index contributed by atoms with van der Waals surface area (Å²) in [6, 6.07) is 2.31. The van der Waals surface area contributed by atoms with Gasteiger partial charge in [-0.1, -0.05) is 12.8 Å². The Morgan fingerprint density at radius 2 is 1.61 bits per heavy atom. The molecule has 0 amide bonds. The summed E-state index contributed by atoms with van der Waals surface area (Å²) in [5, 5.41) is 3.70. The third kappa shape index (κ3) is 2.64.